The largest absolute Gasteiger partial charge is 0.478 e. The number of carboxylic acids is 1. The number of halogens is 1. The maximum absolute atomic E-state index is 12.0. The van der Waals surface area contributed by atoms with Gasteiger partial charge in [0.25, 0.3) is 5.91 Å². The van der Waals surface area contributed by atoms with Gasteiger partial charge in [-0.1, -0.05) is 35.9 Å². The lowest BCUT2D eigenvalue weighted by atomic mass is 10.1. The predicted octanol–water partition coefficient (Wildman–Crippen LogP) is 2.97. The summed E-state index contributed by atoms with van der Waals surface area (Å²) in [6.45, 7) is 0.285. The third-order valence-electron chi connectivity index (χ3n) is 2.74. The van der Waals surface area contributed by atoms with Gasteiger partial charge in [0, 0.05) is 11.6 Å². The molecule has 1 amide bonds. The van der Waals surface area contributed by atoms with E-state index in [1.807, 2.05) is 6.07 Å². The van der Waals surface area contributed by atoms with E-state index in [2.05, 4.69) is 5.32 Å². The molecule has 2 N–H and O–H groups in total. The SMILES string of the molecule is O=C(O)c1ccccc1C(=O)NCc1cccc(Cl)c1. The van der Waals surface area contributed by atoms with E-state index in [4.69, 9.17) is 16.7 Å². The van der Waals surface area contributed by atoms with Crippen molar-refractivity contribution in [2.75, 3.05) is 0 Å². The van der Waals surface area contributed by atoms with E-state index in [0.717, 1.165) is 5.56 Å². The van der Waals surface area contributed by atoms with E-state index < -0.39 is 11.9 Å². The maximum atomic E-state index is 12.0. The Hall–Kier alpha value is -2.33. The summed E-state index contributed by atoms with van der Waals surface area (Å²) < 4.78 is 0. The molecule has 0 aliphatic rings. The molecule has 0 radical (unpaired) electrons. The van der Waals surface area contributed by atoms with E-state index in [0.29, 0.717) is 5.02 Å². The van der Waals surface area contributed by atoms with Crippen LogP contribution in [-0.2, 0) is 6.54 Å². The first-order chi connectivity index (χ1) is 9.58. The van der Waals surface area contributed by atoms with Crippen molar-refractivity contribution in [3.8, 4) is 0 Å². The molecule has 0 aromatic heterocycles. The monoisotopic (exact) mass is 289 g/mol. The molecule has 0 unspecified atom stereocenters. The number of rotatable bonds is 4. The summed E-state index contributed by atoms with van der Waals surface area (Å²) in [5.41, 5.74) is 0.969. The Morgan fingerprint density at radius 3 is 2.40 bits per heavy atom. The standard InChI is InChI=1S/C15H12ClNO3/c16-11-5-3-4-10(8-11)9-17-14(18)12-6-1-2-7-13(12)15(19)20/h1-8H,9H2,(H,17,18)(H,19,20). The van der Waals surface area contributed by atoms with Crippen LogP contribution in [0.2, 0.25) is 5.02 Å². The smallest absolute Gasteiger partial charge is 0.336 e. The average Bonchev–Trinajstić information content (AvgIpc) is 2.45. The van der Waals surface area contributed by atoms with Crippen molar-refractivity contribution in [1.29, 1.82) is 0 Å². The fourth-order valence-corrected chi connectivity index (χ4v) is 2.00. The van der Waals surface area contributed by atoms with Gasteiger partial charge in [0.15, 0.2) is 0 Å². The zero-order chi connectivity index (χ0) is 14.5. The number of carboxylic acid groups (broad SMARTS) is 1. The molecule has 0 fully saturated rings. The Balaban J connectivity index is 2.11. The van der Waals surface area contributed by atoms with E-state index in [1.54, 1.807) is 30.3 Å². The molecule has 0 spiro atoms. The van der Waals surface area contributed by atoms with Gasteiger partial charge in [-0.3, -0.25) is 4.79 Å². The molecule has 0 saturated heterocycles. The molecule has 2 aromatic rings. The first-order valence-electron chi connectivity index (χ1n) is 5.93. The first kappa shape index (κ1) is 14.1. The van der Waals surface area contributed by atoms with Crippen molar-refractivity contribution in [3.05, 3.63) is 70.2 Å². The van der Waals surface area contributed by atoms with Crippen molar-refractivity contribution in [2.24, 2.45) is 0 Å². The van der Waals surface area contributed by atoms with Gasteiger partial charge in [-0.15, -0.1) is 0 Å². The topological polar surface area (TPSA) is 66.4 Å². The molecule has 0 bridgehead atoms. The van der Waals surface area contributed by atoms with Crippen LogP contribution in [0.15, 0.2) is 48.5 Å². The van der Waals surface area contributed by atoms with E-state index in [9.17, 15) is 9.59 Å². The third-order valence-corrected chi connectivity index (χ3v) is 2.98. The van der Waals surface area contributed by atoms with Gasteiger partial charge in [-0.05, 0) is 29.8 Å². The fourth-order valence-electron chi connectivity index (χ4n) is 1.79. The maximum Gasteiger partial charge on any atom is 0.336 e. The highest BCUT2D eigenvalue weighted by Crippen LogP contribution is 2.12. The molecule has 2 rings (SSSR count). The number of nitrogens with one attached hydrogen (secondary N) is 1. The van der Waals surface area contributed by atoms with Gasteiger partial charge in [-0.25, -0.2) is 4.79 Å². The van der Waals surface area contributed by atoms with Crippen LogP contribution in [0.5, 0.6) is 0 Å². The minimum atomic E-state index is -1.13. The van der Waals surface area contributed by atoms with E-state index >= 15 is 0 Å². The minimum Gasteiger partial charge on any atom is -0.478 e. The second-order valence-electron chi connectivity index (χ2n) is 4.16. The van der Waals surface area contributed by atoms with Crippen molar-refractivity contribution >= 4 is 23.5 Å². The average molecular weight is 290 g/mol. The molecule has 20 heavy (non-hydrogen) atoms. The van der Waals surface area contributed by atoms with Crippen LogP contribution < -0.4 is 5.32 Å². The lowest BCUT2D eigenvalue weighted by molar-refractivity contribution is 0.0691. The summed E-state index contributed by atoms with van der Waals surface area (Å²) in [5.74, 6) is -1.55. The lowest BCUT2D eigenvalue weighted by Crippen LogP contribution is -2.24. The zero-order valence-corrected chi connectivity index (χ0v) is 11.2. The van der Waals surface area contributed by atoms with E-state index in [1.165, 1.54) is 12.1 Å². The molecule has 0 saturated carbocycles. The number of carbonyl (C=O) groups is 2. The number of amides is 1. The minimum absolute atomic E-state index is 0.0175. The van der Waals surface area contributed by atoms with Crippen LogP contribution in [0.1, 0.15) is 26.3 Å². The van der Waals surface area contributed by atoms with Crippen LogP contribution in [0.25, 0.3) is 0 Å². The summed E-state index contributed by atoms with van der Waals surface area (Å²) >= 11 is 5.85. The second-order valence-corrected chi connectivity index (χ2v) is 4.60. The summed E-state index contributed by atoms with van der Waals surface area (Å²) in [4.78, 5) is 23.1. The Kier molecular flexibility index (Phi) is 4.38. The van der Waals surface area contributed by atoms with Crippen LogP contribution in [0.4, 0.5) is 0 Å². The molecule has 0 atom stereocenters. The summed E-state index contributed by atoms with van der Waals surface area (Å²) in [6.07, 6.45) is 0. The predicted molar refractivity (Wildman–Crippen MR) is 76.0 cm³/mol. The van der Waals surface area contributed by atoms with E-state index in [-0.39, 0.29) is 17.7 Å². The quantitative estimate of drug-likeness (QED) is 0.909. The molecule has 0 heterocycles. The normalized spacial score (nSPS) is 10.1. The van der Waals surface area contributed by atoms with Crippen LogP contribution in [0.3, 0.4) is 0 Å². The number of aromatic carboxylic acids is 1. The van der Waals surface area contributed by atoms with Crippen LogP contribution >= 0.6 is 11.6 Å². The molecule has 0 aliphatic carbocycles. The van der Waals surface area contributed by atoms with Crippen LogP contribution in [-0.4, -0.2) is 17.0 Å². The number of hydrogen-bond donors (Lipinski definition) is 2. The third kappa shape index (κ3) is 3.36. The molecule has 2 aromatic carbocycles. The van der Waals surface area contributed by atoms with Gasteiger partial charge in [-0.2, -0.15) is 0 Å². The number of carbonyl (C=O) groups excluding carboxylic acids is 1. The van der Waals surface area contributed by atoms with Crippen LogP contribution in [0, 0.1) is 0 Å². The van der Waals surface area contributed by atoms with Gasteiger partial charge in [0.1, 0.15) is 0 Å². The molecular formula is C15H12ClNO3. The Labute approximate surface area is 121 Å². The fraction of sp³-hybridized carbons (Fsp3) is 0.0667. The summed E-state index contributed by atoms with van der Waals surface area (Å²) in [7, 11) is 0. The van der Waals surface area contributed by atoms with Gasteiger partial charge >= 0.3 is 5.97 Å². The number of benzene rings is 2. The van der Waals surface area contributed by atoms with Gasteiger partial charge < -0.3 is 10.4 Å². The Morgan fingerprint density at radius 1 is 1.05 bits per heavy atom. The second kappa shape index (κ2) is 6.21. The molecule has 0 aliphatic heterocycles. The van der Waals surface area contributed by atoms with Gasteiger partial charge in [0.05, 0.1) is 11.1 Å². The molecular weight excluding hydrogens is 278 g/mol. The molecule has 4 nitrogen and oxygen atoms in total. The summed E-state index contributed by atoms with van der Waals surface area (Å²) in [6, 6.07) is 13.2. The molecule has 5 heteroatoms. The zero-order valence-electron chi connectivity index (χ0n) is 10.5. The van der Waals surface area contributed by atoms with Gasteiger partial charge in [0.2, 0.25) is 0 Å². The highest BCUT2D eigenvalue weighted by Gasteiger charge is 2.15. The molecule has 102 valence electrons. The van der Waals surface area contributed by atoms with Crippen molar-refractivity contribution < 1.29 is 14.7 Å². The Morgan fingerprint density at radius 2 is 1.75 bits per heavy atom. The number of hydrogen-bond acceptors (Lipinski definition) is 2. The lowest BCUT2D eigenvalue weighted by Gasteiger charge is -2.08. The van der Waals surface area contributed by atoms with Crippen molar-refractivity contribution in [3.63, 3.8) is 0 Å². The highest BCUT2D eigenvalue weighted by atomic mass is 35.5. The first-order valence-corrected chi connectivity index (χ1v) is 6.30. The highest BCUT2D eigenvalue weighted by molar-refractivity contribution is 6.30. The van der Waals surface area contributed by atoms with Crippen molar-refractivity contribution in [2.45, 2.75) is 6.54 Å². The summed E-state index contributed by atoms with van der Waals surface area (Å²) in [5, 5.41) is 12.3. The Bertz CT molecular complexity index is 655. The van der Waals surface area contributed by atoms with Crippen molar-refractivity contribution in [1.82, 2.24) is 5.32 Å².